The lowest BCUT2D eigenvalue weighted by Gasteiger charge is -2.06. The van der Waals surface area contributed by atoms with Crippen LogP contribution in [0.15, 0.2) is 36.4 Å². The van der Waals surface area contributed by atoms with Gasteiger partial charge in [0.15, 0.2) is 0 Å². The van der Waals surface area contributed by atoms with Crippen molar-refractivity contribution in [2.24, 2.45) is 0 Å². The second kappa shape index (κ2) is 7.11. The Bertz CT molecular complexity index is 454. The Morgan fingerprint density at radius 1 is 1.39 bits per heavy atom. The lowest BCUT2D eigenvalue weighted by Crippen LogP contribution is -2.26. The molecule has 0 aliphatic heterocycles. The Morgan fingerprint density at radius 3 is 2.83 bits per heavy atom. The van der Waals surface area contributed by atoms with Gasteiger partial charge in [0.05, 0.1) is 6.54 Å². The van der Waals surface area contributed by atoms with Gasteiger partial charge in [-0.25, -0.2) is 4.79 Å². The van der Waals surface area contributed by atoms with Crippen LogP contribution in [0.3, 0.4) is 0 Å². The third-order valence-corrected chi connectivity index (χ3v) is 2.04. The van der Waals surface area contributed by atoms with Crippen LogP contribution < -0.4 is 10.1 Å². The smallest absolute Gasteiger partial charge is 0.328 e. The van der Waals surface area contributed by atoms with Crippen LogP contribution in [0.25, 0.3) is 0 Å². The molecule has 18 heavy (non-hydrogen) atoms. The molecule has 0 bridgehead atoms. The van der Waals surface area contributed by atoms with Crippen LogP contribution in [0.5, 0.6) is 5.75 Å². The van der Waals surface area contributed by atoms with E-state index >= 15 is 0 Å². The average Bonchev–Trinajstić information content (AvgIpc) is 2.32. The maximum atomic E-state index is 11.1. The zero-order valence-electron chi connectivity index (χ0n) is 10.1. The van der Waals surface area contributed by atoms with Crippen molar-refractivity contribution in [3.63, 3.8) is 0 Å². The van der Waals surface area contributed by atoms with Crippen LogP contribution >= 0.6 is 0 Å². The number of carboxylic acids is 1. The molecule has 1 rings (SSSR count). The van der Waals surface area contributed by atoms with Gasteiger partial charge in [-0.15, -0.1) is 0 Å². The number of benzene rings is 1. The molecule has 5 heteroatoms. The predicted octanol–water partition coefficient (Wildman–Crippen LogP) is 1.13. The minimum absolute atomic E-state index is 0.316. The zero-order valence-corrected chi connectivity index (χ0v) is 10.1. The van der Waals surface area contributed by atoms with Crippen LogP contribution in [0.4, 0.5) is 0 Å². The highest BCUT2D eigenvalue weighted by Crippen LogP contribution is 2.11. The van der Waals surface area contributed by atoms with Crippen LogP contribution in [-0.4, -0.2) is 30.1 Å². The summed E-state index contributed by atoms with van der Waals surface area (Å²) >= 11 is 0. The number of amides is 1. The molecular weight excluding hydrogens is 234 g/mol. The lowest BCUT2D eigenvalue weighted by atomic mass is 10.2. The molecule has 0 aliphatic carbocycles. The van der Waals surface area contributed by atoms with E-state index < -0.39 is 11.9 Å². The van der Waals surface area contributed by atoms with Crippen LogP contribution in [0, 0.1) is 6.92 Å². The highest BCUT2D eigenvalue weighted by molar-refractivity contribution is 5.93. The Hall–Kier alpha value is -2.30. The quantitative estimate of drug-likeness (QED) is 0.585. The molecule has 0 saturated heterocycles. The summed E-state index contributed by atoms with van der Waals surface area (Å²) in [4.78, 5) is 21.3. The normalized spacial score (nSPS) is 10.3. The number of aryl methyl sites for hydroxylation is 1. The van der Waals surface area contributed by atoms with Crippen molar-refractivity contribution >= 4 is 11.9 Å². The van der Waals surface area contributed by atoms with Gasteiger partial charge in [0.1, 0.15) is 12.4 Å². The Morgan fingerprint density at radius 2 is 2.17 bits per heavy atom. The van der Waals surface area contributed by atoms with Gasteiger partial charge in [0.2, 0.25) is 5.91 Å². The largest absolute Gasteiger partial charge is 0.492 e. The molecule has 1 aromatic carbocycles. The summed E-state index contributed by atoms with van der Waals surface area (Å²) in [5.41, 5.74) is 1.10. The second-order valence-corrected chi connectivity index (χ2v) is 3.63. The first-order valence-electron chi connectivity index (χ1n) is 5.46. The summed E-state index contributed by atoms with van der Waals surface area (Å²) in [5, 5.41) is 10.8. The standard InChI is InChI=1S/C13H15NO4/c1-10-3-2-4-11(9-10)18-8-7-14-12(15)5-6-13(16)17/h2-6,9H,7-8H2,1H3,(H,14,15)(H,16,17)/b6-5+. The minimum atomic E-state index is -1.15. The van der Waals surface area contributed by atoms with Gasteiger partial charge in [-0.05, 0) is 24.6 Å². The molecule has 0 saturated carbocycles. The van der Waals surface area contributed by atoms with Gasteiger partial charge in [-0.1, -0.05) is 12.1 Å². The van der Waals surface area contributed by atoms with Crippen LogP contribution in [-0.2, 0) is 9.59 Å². The number of carbonyl (C=O) groups is 2. The summed E-state index contributed by atoms with van der Waals surface area (Å²) in [6.45, 7) is 2.61. The van der Waals surface area contributed by atoms with Crippen molar-refractivity contribution in [1.82, 2.24) is 5.32 Å². The SMILES string of the molecule is Cc1cccc(OCCNC(=O)/C=C/C(=O)O)c1. The molecular formula is C13H15NO4. The second-order valence-electron chi connectivity index (χ2n) is 3.63. The highest BCUT2D eigenvalue weighted by atomic mass is 16.5. The van der Waals surface area contributed by atoms with Crippen molar-refractivity contribution in [1.29, 1.82) is 0 Å². The van der Waals surface area contributed by atoms with Crippen molar-refractivity contribution in [2.45, 2.75) is 6.92 Å². The summed E-state index contributed by atoms with van der Waals surface area (Å²) in [7, 11) is 0. The molecule has 0 atom stereocenters. The van der Waals surface area contributed by atoms with E-state index in [0.717, 1.165) is 23.5 Å². The van der Waals surface area contributed by atoms with Gasteiger partial charge in [0.25, 0.3) is 0 Å². The van der Waals surface area contributed by atoms with Crippen molar-refractivity contribution < 1.29 is 19.4 Å². The van der Waals surface area contributed by atoms with Crippen molar-refractivity contribution in [3.8, 4) is 5.75 Å². The molecule has 96 valence electrons. The summed E-state index contributed by atoms with van der Waals surface area (Å²) in [5.74, 6) is -0.864. The molecule has 2 N–H and O–H groups in total. The van der Waals surface area contributed by atoms with Crippen LogP contribution in [0.1, 0.15) is 5.56 Å². The van der Waals surface area contributed by atoms with E-state index in [0.29, 0.717) is 13.2 Å². The molecule has 0 unspecified atom stereocenters. The monoisotopic (exact) mass is 249 g/mol. The lowest BCUT2D eigenvalue weighted by molar-refractivity contribution is -0.131. The molecule has 0 aromatic heterocycles. The molecule has 0 aliphatic rings. The third-order valence-electron chi connectivity index (χ3n) is 2.04. The topological polar surface area (TPSA) is 75.6 Å². The van der Waals surface area contributed by atoms with Crippen LogP contribution in [0.2, 0.25) is 0 Å². The van der Waals surface area contributed by atoms with Crippen molar-refractivity contribution in [2.75, 3.05) is 13.2 Å². The van der Waals surface area contributed by atoms with E-state index in [9.17, 15) is 9.59 Å². The number of carbonyl (C=O) groups excluding carboxylic acids is 1. The summed E-state index contributed by atoms with van der Waals surface area (Å²) < 4.78 is 5.41. The van der Waals surface area contributed by atoms with E-state index in [-0.39, 0.29) is 0 Å². The fraction of sp³-hybridized carbons (Fsp3) is 0.231. The Balaban J connectivity index is 2.23. The number of hydrogen-bond acceptors (Lipinski definition) is 3. The van der Waals surface area contributed by atoms with E-state index in [1.807, 2.05) is 31.2 Å². The van der Waals surface area contributed by atoms with E-state index in [4.69, 9.17) is 9.84 Å². The summed E-state index contributed by atoms with van der Waals surface area (Å²) in [6.07, 6.45) is 1.76. The first-order valence-corrected chi connectivity index (χ1v) is 5.46. The van der Waals surface area contributed by atoms with Gasteiger partial charge in [-0.2, -0.15) is 0 Å². The van der Waals surface area contributed by atoms with Gasteiger partial charge in [-0.3, -0.25) is 4.79 Å². The fourth-order valence-electron chi connectivity index (χ4n) is 1.25. The molecule has 0 radical (unpaired) electrons. The highest BCUT2D eigenvalue weighted by Gasteiger charge is 1.97. The fourth-order valence-corrected chi connectivity index (χ4v) is 1.25. The number of rotatable bonds is 6. The Labute approximate surface area is 105 Å². The molecule has 0 heterocycles. The maximum absolute atomic E-state index is 11.1. The molecule has 1 aromatic rings. The number of hydrogen-bond donors (Lipinski definition) is 2. The van der Waals surface area contributed by atoms with Gasteiger partial charge < -0.3 is 15.2 Å². The third kappa shape index (κ3) is 5.69. The molecule has 1 amide bonds. The molecule has 5 nitrogen and oxygen atoms in total. The maximum Gasteiger partial charge on any atom is 0.328 e. The van der Waals surface area contributed by atoms with Gasteiger partial charge in [0, 0.05) is 12.2 Å². The summed E-state index contributed by atoms with van der Waals surface area (Å²) in [6, 6.07) is 7.58. The number of ether oxygens (including phenoxy) is 1. The minimum Gasteiger partial charge on any atom is -0.492 e. The predicted molar refractivity (Wildman–Crippen MR) is 66.5 cm³/mol. The number of aliphatic carboxylic acids is 1. The molecule has 0 spiro atoms. The van der Waals surface area contributed by atoms with Gasteiger partial charge >= 0.3 is 5.97 Å². The zero-order chi connectivity index (χ0) is 13.4. The molecule has 0 fully saturated rings. The first kappa shape index (κ1) is 13.8. The van der Waals surface area contributed by atoms with E-state index in [1.54, 1.807) is 0 Å². The Kier molecular flexibility index (Phi) is 5.44. The number of nitrogens with one attached hydrogen (secondary N) is 1. The first-order chi connectivity index (χ1) is 8.58. The van der Waals surface area contributed by atoms with E-state index in [2.05, 4.69) is 5.32 Å². The van der Waals surface area contributed by atoms with Crippen molar-refractivity contribution in [3.05, 3.63) is 42.0 Å². The number of carboxylic acid groups (broad SMARTS) is 1. The van der Waals surface area contributed by atoms with E-state index in [1.165, 1.54) is 0 Å². The average molecular weight is 249 g/mol.